The number of carbonyl (C=O) groups excluding carboxylic acids is 1. The molecule has 0 unspecified atom stereocenters. The predicted molar refractivity (Wildman–Crippen MR) is 77.5 cm³/mol. The first-order chi connectivity index (χ1) is 9.61. The van der Waals surface area contributed by atoms with Crippen LogP contribution in [0.5, 0.6) is 0 Å². The largest absolute Gasteiger partial charge is 0.337 e. The van der Waals surface area contributed by atoms with Crippen molar-refractivity contribution in [2.75, 3.05) is 13.1 Å². The Bertz CT molecular complexity index is 577. The predicted octanol–water partition coefficient (Wildman–Crippen LogP) is 1.83. The SMILES string of the molecule is CCN(CCc1ccncc1)C(=O)c1cc(C)nn1C. The van der Waals surface area contributed by atoms with Gasteiger partial charge < -0.3 is 4.90 Å². The molecule has 0 N–H and O–H groups in total. The molecule has 0 spiro atoms. The van der Waals surface area contributed by atoms with E-state index in [2.05, 4.69) is 10.1 Å². The van der Waals surface area contributed by atoms with Gasteiger partial charge in [-0.05, 0) is 44.0 Å². The zero-order valence-corrected chi connectivity index (χ0v) is 12.2. The number of likely N-dealkylation sites (N-methyl/N-ethyl adjacent to an activating group) is 1. The van der Waals surface area contributed by atoms with Gasteiger partial charge in [-0.3, -0.25) is 14.5 Å². The van der Waals surface area contributed by atoms with Crippen molar-refractivity contribution in [1.29, 1.82) is 0 Å². The average Bonchev–Trinajstić information content (AvgIpc) is 2.79. The van der Waals surface area contributed by atoms with Crippen LogP contribution in [0.15, 0.2) is 30.6 Å². The van der Waals surface area contributed by atoms with E-state index in [1.54, 1.807) is 24.1 Å². The molecule has 106 valence electrons. The van der Waals surface area contributed by atoms with Crippen LogP contribution in [0.2, 0.25) is 0 Å². The van der Waals surface area contributed by atoms with Crippen molar-refractivity contribution in [3.8, 4) is 0 Å². The summed E-state index contributed by atoms with van der Waals surface area (Å²) in [5.41, 5.74) is 2.69. The molecule has 0 fully saturated rings. The van der Waals surface area contributed by atoms with Crippen molar-refractivity contribution in [3.63, 3.8) is 0 Å². The average molecular weight is 272 g/mol. The fourth-order valence-corrected chi connectivity index (χ4v) is 2.19. The van der Waals surface area contributed by atoms with Gasteiger partial charge in [0.1, 0.15) is 5.69 Å². The van der Waals surface area contributed by atoms with Gasteiger partial charge in [0.2, 0.25) is 0 Å². The van der Waals surface area contributed by atoms with E-state index in [0.29, 0.717) is 18.8 Å². The quantitative estimate of drug-likeness (QED) is 0.834. The van der Waals surface area contributed by atoms with Crippen molar-refractivity contribution in [3.05, 3.63) is 47.5 Å². The Hall–Kier alpha value is -2.17. The minimum atomic E-state index is 0.0321. The number of hydrogen-bond donors (Lipinski definition) is 0. The van der Waals surface area contributed by atoms with E-state index in [9.17, 15) is 4.79 Å². The Kier molecular flexibility index (Phi) is 4.50. The number of aromatic nitrogens is 3. The number of carbonyl (C=O) groups is 1. The summed E-state index contributed by atoms with van der Waals surface area (Å²) in [5.74, 6) is 0.0321. The fraction of sp³-hybridized carbons (Fsp3) is 0.400. The summed E-state index contributed by atoms with van der Waals surface area (Å²) in [7, 11) is 1.80. The molecule has 0 bridgehead atoms. The summed E-state index contributed by atoms with van der Waals surface area (Å²) in [4.78, 5) is 18.3. The lowest BCUT2D eigenvalue weighted by Crippen LogP contribution is -2.34. The van der Waals surface area contributed by atoms with Crippen molar-refractivity contribution in [2.24, 2.45) is 7.05 Å². The first-order valence-electron chi connectivity index (χ1n) is 6.80. The molecule has 0 aliphatic carbocycles. The van der Waals surface area contributed by atoms with E-state index in [1.807, 2.05) is 36.9 Å². The van der Waals surface area contributed by atoms with Crippen molar-refractivity contribution >= 4 is 5.91 Å². The van der Waals surface area contributed by atoms with Crippen LogP contribution in [0.25, 0.3) is 0 Å². The Morgan fingerprint density at radius 3 is 2.60 bits per heavy atom. The molecular formula is C15H20N4O. The highest BCUT2D eigenvalue weighted by Crippen LogP contribution is 2.08. The zero-order chi connectivity index (χ0) is 14.5. The summed E-state index contributed by atoms with van der Waals surface area (Å²) >= 11 is 0. The number of nitrogens with zero attached hydrogens (tertiary/aromatic N) is 4. The highest BCUT2D eigenvalue weighted by molar-refractivity contribution is 5.92. The third kappa shape index (κ3) is 3.23. The Balaban J connectivity index is 2.05. The molecule has 1 amide bonds. The van der Waals surface area contributed by atoms with Crippen LogP contribution in [-0.2, 0) is 13.5 Å². The minimum absolute atomic E-state index is 0.0321. The normalized spacial score (nSPS) is 10.6. The summed E-state index contributed by atoms with van der Waals surface area (Å²) in [6, 6.07) is 5.79. The second-order valence-electron chi connectivity index (χ2n) is 4.78. The lowest BCUT2D eigenvalue weighted by Gasteiger charge is -2.20. The highest BCUT2D eigenvalue weighted by Gasteiger charge is 2.18. The fourth-order valence-electron chi connectivity index (χ4n) is 2.19. The van der Waals surface area contributed by atoms with Crippen LogP contribution in [-0.4, -0.2) is 38.7 Å². The van der Waals surface area contributed by atoms with Gasteiger partial charge in [-0.25, -0.2) is 0 Å². The lowest BCUT2D eigenvalue weighted by molar-refractivity contribution is 0.0755. The monoisotopic (exact) mass is 272 g/mol. The Morgan fingerprint density at radius 1 is 1.35 bits per heavy atom. The summed E-state index contributed by atoms with van der Waals surface area (Å²) in [6.45, 7) is 5.27. The van der Waals surface area contributed by atoms with Crippen LogP contribution in [0.1, 0.15) is 28.7 Å². The molecule has 0 aromatic carbocycles. The third-order valence-corrected chi connectivity index (χ3v) is 3.31. The maximum atomic E-state index is 12.5. The van der Waals surface area contributed by atoms with Gasteiger partial charge in [0.05, 0.1) is 5.69 Å². The van der Waals surface area contributed by atoms with Gasteiger partial charge in [-0.15, -0.1) is 0 Å². The molecule has 0 aliphatic heterocycles. The van der Waals surface area contributed by atoms with E-state index in [1.165, 1.54) is 5.56 Å². The molecule has 0 atom stereocenters. The van der Waals surface area contributed by atoms with Crippen molar-refractivity contribution in [1.82, 2.24) is 19.7 Å². The Labute approximate surface area is 119 Å². The van der Waals surface area contributed by atoms with Gasteiger partial charge >= 0.3 is 0 Å². The van der Waals surface area contributed by atoms with Crippen molar-refractivity contribution < 1.29 is 4.79 Å². The Morgan fingerprint density at radius 2 is 2.05 bits per heavy atom. The number of hydrogen-bond acceptors (Lipinski definition) is 3. The van der Waals surface area contributed by atoms with E-state index in [4.69, 9.17) is 0 Å². The van der Waals surface area contributed by atoms with Crippen LogP contribution in [0.4, 0.5) is 0 Å². The number of pyridine rings is 1. The molecule has 0 radical (unpaired) electrons. The molecule has 0 saturated carbocycles. The highest BCUT2D eigenvalue weighted by atomic mass is 16.2. The zero-order valence-electron chi connectivity index (χ0n) is 12.2. The molecule has 20 heavy (non-hydrogen) atoms. The smallest absolute Gasteiger partial charge is 0.272 e. The van der Waals surface area contributed by atoms with E-state index < -0.39 is 0 Å². The van der Waals surface area contributed by atoms with E-state index >= 15 is 0 Å². The molecule has 2 aromatic heterocycles. The molecule has 0 saturated heterocycles. The van der Waals surface area contributed by atoms with Crippen LogP contribution >= 0.6 is 0 Å². The maximum absolute atomic E-state index is 12.5. The van der Waals surface area contributed by atoms with Crippen LogP contribution in [0, 0.1) is 6.92 Å². The van der Waals surface area contributed by atoms with E-state index in [0.717, 1.165) is 12.1 Å². The molecule has 5 heteroatoms. The van der Waals surface area contributed by atoms with Gasteiger partial charge in [0.15, 0.2) is 0 Å². The molecule has 2 aromatic rings. The summed E-state index contributed by atoms with van der Waals surface area (Å²) < 4.78 is 1.65. The van der Waals surface area contributed by atoms with Crippen LogP contribution < -0.4 is 0 Å². The van der Waals surface area contributed by atoms with Gasteiger partial charge in [-0.1, -0.05) is 0 Å². The first-order valence-corrected chi connectivity index (χ1v) is 6.80. The third-order valence-electron chi connectivity index (χ3n) is 3.31. The number of amides is 1. The molecule has 2 heterocycles. The first kappa shape index (κ1) is 14.2. The number of aryl methyl sites for hydroxylation is 2. The number of rotatable bonds is 5. The second-order valence-corrected chi connectivity index (χ2v) is 4.78. The molecule has 2 rings (SSSR count). The standard InChI is InChI=1S/C15H20N4O/c1-4-19(10-7-13-5-8-16-9-6-13)15(20)14-11-12(2)17-18(14)3/h5-6,8-9,11H,4,7,10H2,1-3H3. The molecule has 5 nitrogen and oxygen atoms in total. The summed E-state index contributed by atoms with van der Waals surface area (Å²) in [6.07, 6.45) is 4.38. The van der Waals surface area contributed by atoms with E-state index in [-0.39, 0.29) is 5.91 Å². The van der Waals surface area contributed by atoms with Crippen LogP contribution in [0.3, 0.4) is 0 Å². The lowest BCUT2D eigenvalue weighted by atomic mass is 10.2. The molecule has 0 aliphatic rings. The summed E-state index contributed by atoms with van der Waals surface area (Å²) in [5, 5.41) is 4.23. The maximum Gasteiger partial charge on any atom is 0.272 e. The minimum Gasteiger partial charge on any atom is -0.337 e. The second kappa shape index (κ2) is 6.32. The van der Waals surface area contributed by atoms with Gasteiger partial charge in [0.25, 0.3) is 5.91 Å². The van der Waals surface area contributed by atoms with Gasteiger partial charge in [0, 0.05) is 32.5 Å². The molecular weight excluding hydrogens is 252 g/mol. The van der Waals surface area contributed by atoms with Gasteiger partial charge in [-0.2, -0.15) is 5.10 Å². The topological polar surface area (TPSA) is 51.0 Å². The van der Waals surface area contributed by atoms with Crippen molar-refractivity contribution in [2.45, 2.75) is 20.3 Å².